The van der Waals surface area contributed by atoms with Crippen LogP contribution < -0.4 is 4.74 Å². The van der Waals surface area contributed by atoms with Crippen LogP contribution in [0.15, 0.2) is 54.1 Å². The predicted molar refractivity (Wildman–Crippen MR) is 87.5 cm³/mol. The lowest BCUT2D eigenvalue weighted by Gasteiger charge is -2.17. The SMILES string of the molecule is COC(=O)c1ccc2c(c1)C=C(C(=O)OCc1ccccc1)CO2. The molecule has 0 fully saturated rings. The number of esters is 2. The minimum atomic E-state index is -0.440. The summed E-state index contributed by atoms with van der Waals surface area (Å²) in [6.07, 6.45) is 1.68. The van der Waals surface area contributed by atoms with Crippen molar-refractivity contribution in [3.63, 3.8) is 0 Å². The molecule has 1 aliphatic rings. The molecule has 0 radical (unpaired) electrons. The third kappa shape index (κ3) is 3.46. The number of benzene rings is 2. The summed E-state index contributed by atoms with van der Waals surface area (Å²) in [5, 5.41) is 0. The van der Waals surface area contributed by atoms with Crippen LogP contribution in [0.4, 0.5) is 0 Å². The number of rotatable bonds is 4. The Balaban J connectivity index is 1.74. The number of carbonyl (C=O) groups excluding carboxylic acids is 2. The molecule has 0 unspecified atom stereocenters. The number of fused-ring (bicyclic) bond motifs is 1. The summed E-state index contributed by atoms with van der Waals surface area (Å²) in [5.74, 6) is -0.264. The zero-order chi connectivity index (χ0) is 16.9. The second kappa shape index (κ2) is 7.00. The van der Waals surface area contributed by atoms with Gasteiger partial charge in [-0.3, -0.25) is 0 Å². The highest BCUT2D eigenvalue weighted by Crippen LogP contribution is 2.28. The van der Waals surface area contributed by atoms with E-state index >= 15 is 0 Å². The van der Waals surface area contributed by atoms with Gasteiger partial charge in [-0.15, -0.1) is 0 Å². The lowest BCUT2D eigenvalue weighted by molar-refractivity contribution is -0.140. The first kappa shape index (κ1) is 15.8. The van der Waals surface area contributed by atoms with Crippen molar-refractivity contribution in [1.29, 1.82) is 0 Å². The summed E-state index contributed by atoms with van der Waals surface area (Å²) in [5.41, 5.74) is 2.36. The van der Waals surface area contributed by atoms with E-state index in [1.165, 1.54) is 7.11 Å². The number of hydrogen-bond acceptors (Lipinski definition) is 5. The van der Waals surface area contributed by atoms with Crippen molar-refractivity contribution < 1.29 is 23.8 Å². The van der Waals surface area contributed by atoms with Gasteiger partial charge in [0.15, 0.2) is 0 Å². The van der Waals surface area contributed by atoms with Crippen molar-refractivity contribution >= 4 is 18.0 Å². The van der Waals surface area contributed by atoms with E-state index in [2.05, 4.69) is 0 Å². The molecule has 0 atom stereocenters. The normalized spacial score (nSPS) is 12.5. The van der Waals surface area contributed by atoms with E-state index in [0.717, 1.165) is 5.56 Å². The summed E-state index contributed by atoms with van der Waals surface area (Å²) in [7, 11) is 1.32. The maximum absolute atomic E-state index is 12.2. The summed E-state index contributed by atoms with van der Waals surface area (Å²) in [6, 6.07) is 14.4. The van der Waals surface area contributed by atoms with Gasteiger partial charge in [-0.25, -0.2) is 9.59 Å². The van der Waals surface area contributed by atoms with Gasteiger partial charge in [0.05, 0.1) is 18.2 Å². The fraction of sp³-hybridized carbons (Fsp3) is 0.158. The van der Waals surface area contributed by atoms with E-state index in [1.807, 2.05) is 30.3 Å². The molecule has 0 N–H and O–H groups in total. The van der Waals surface area contributed by atoms with Gasteiger partial charge in [0.25, 0.3) is 0 Å². The summed E-state index contributed by atoms with van der Waals surface area (Å²) >= 11 is 0. The van der Waals surface area contributed by atoms with E-state index in [9.17, 15) is 9.59 Å². The van der Waals surface area contributed by atoms with Crippen molar-refractivity contribution in [3.05, 3.63) is 70.8 Å². The van der Waals surface area contributed by atoms with E-state index in [1.54, 1.807) is 24.3 Å². The summed E-state index contributed by atoms with van der Waals surface area (Å²) in [6.45, 7) is 0.338. The molecule has 0 amide bonds. The number of carbonyl (C=O) groups is 2. The molecule has 0 bridgehead atoms. The van der Waals surface area contributed by atoms with Gasteiger partial charge in [0.1, 0.15) is 19.0 Å². The number of methoxy groups -OCH3 is 1. The van der Waals surface area contributed by atoms with Crippen LogP contribution in [0.25, 0.3) is 6.08 Å². The molecule has 0 aliphatic carbocycles. The van der Waals surface area contributed by atoms with Crippen LogP contribution in [0, 0.1) is 0 Å². The van der Waals surface area contributed by atoms with Crippen molar-refractivity contribution in [3.8, 4) is 5.75 Å². The van der Waals surface area contributed by atoms with Gasteiger partial charge >= 0.3 is 11.9 Å². The van der Waals surface area contributed by atoms with Gasteiger partial charge in [0, 0.05) is 5.56 Å². The highest BCUT2D eigenvalue weighted by atomic mass is 16.5. The molecule has 2 aromatic carbocycles. The zero-order valence-corrected chi connectivity index (χ0v) is 13.2. The van der Waals surface area contributed by atoms with Gasteiger partial charge in [-0.05, 0) is 29.8 Å². The molecule has 1 heterocycles. The molecule has 0 aromatic heterocycles. The number of hydrogen-bond donors (Lipinski definition) is 0. The van der Waals surface area contributed by atoms with E-state index in [4.69, 9.17) is 14.2 Å². The van der Waals surface area contributed by atoms with Crippen molar-refractivity contribution in [2.24, 2.45) is 0 Å². The Kier molecular flexibility index (Phi) is 4.61. The highest BCUT2D eigenvalue weighted by Gasteiger charge is 2.20. The molecule has 1 aliphatic heterocycles. The van der Waals surface area contributed by atoms with Crippen molar-refractivity contribution in [2.45, 2.75) is 6.61 Å². The standard InChI is InChI=1S/C19H16O5/c1-22-18(20)14-7-8-17-15(9-14)10-16(12-23-17)19(21)24-11-13-5-3-2-4-6-13/h2-10H,11-12H2,1H3. The predicted octanol–water partition coefficient (Wildman–Crippen LogP) is 2.99. The molecule has 0 saturated carbocycles. The summed E-state index contributed by atoms with van der Waals surface area (Å²) in [4.78, 5) is 23.8. The third-order valence-electron chi connectivity index (χ3n) is 3.62. The van der Waals surface area contributed by atoms with Crippen molar-refractivity contribution in [2.75, 3.05) is 13.7 Å². The molecule has 3 rings (SSSR count). The average Bonchev–Trinajstić information content (AvgIpc) is 2.65. The first-order valence-electron chi connectivity index (χ1n) is 7.44. The Hall–Kier alpha value is -3.08. The maximum Gasteiger partial charge on any atom is 0.337 e. The van der Waals surface area contributed by atoms with Crippen LogP contribution >= 0.6 is 0 Å². The quantitative estimate of drug-likeness (QED) is 0.809. The fourth-order valence-corrected chi connectivity index (χ4v) is 2.36. The largest absolute Gasteiger partial charge is 0.488 e. The molecule has 122 valence electrons. The second-order valence-corrected chi connectivity index (χ2v) is 5.26. The molecule has 5 nitrogen and oxygen atoms in total. The molecular formula is C19H16O5. The number of ether oxygens (including phenoxy) is 3. The van der Waals surface area contributed by atoms with Crippen LogP contribution in [0.3, 0.4) is 0 Å². The van der Waals surface area contributed by atoms with Gasteiger partial charge in [0.2, 0.25) is 0 Å². The topological polar surface area (TPSA) is 61.8 Å². The Morgan fingerprint density at radius 3 is 2.62 bits per heavy atom. The molecule has 0 spiro atoms. The minimum Gasteiger partial charge on any atom is -0.488 e. The monoisotopic (exact) mass is 324 g/mol. The Morgan fingerprint density at radius 2 is 1.88 bits per heavy atom. The van der Waals surface area contributed by atoms with E-state index in [-0.39, 0.29) is 13.2 Å². The van der Waals surface area contributed by atoms with Crippen molar-refractivity contribution in [1.82, 2.24) is 0 Å². The van der Waals surface area contributed by atoms with E-state index < -0.39 is 11.9 Å². The average molecular weight is 324 g/mol. The Morgan fingerprint density at radius 1 is 1.08 bits per heavy atom. The van der Waals surface area contributed by atoms with Gasteiger partial charge < -0.3 is 14.2 Å². The fourth-order valence-electron chi connectivity index (χ4n) is 2.36. The summed E-state index contributed by atoms with van der Waals surface area (Å²) < 4.78 is 15.6. The first-order chi connectivity index (χ1) is 11.7. The molecule has 2 aromatic rings. The molecule has 5 heteroatoms. The minimum absolute atomic E-state index is 0.137. The molecule has 0 saturated heterocycles. The van der Waals surface area contributed by atoms with Crippen LogP contribution in [-0.4, -0.2) is 25.7 Å². The zero-order valence-electron chi connectivity index (χ0n) is 13.2. The molecule has 24 heavy (non-hydrogen) atoms. The Bertz CT molecular complexity index is 793. The van der Waals surface area contributed by atoms with Gasteiger partial charge in [-0.2, -0.15) is 0 Å². The van der Waals surface area contributed by atoms with E-state index in [0.29, 0.717) is 22.4 Å². The van der Waals surface area contributed by atoms with Crippen LogP contribution in [-0.2, 0) is 20.9 Å². The first-order valence-corrected chi connectivity index (χ1v) is 7.44. The van der Waals surface area contributed by atoms with Gasteiger partial charge in [-0.1, -0.05) is 30.3 Å². The lowest BCUT2D eigenvalue weighted by Crippen LogP contribution is -2.17. The smallest absolute Gasteiger partial charge is 0.337 e. The van der Waals surface area contributed by atoms with Crippen LogP contribution in [0.2, 0.25) is 0 Å². The highest BCUT2D eigenvalue weighted by molar-refractivity contribution is 5.96. The Labute approximate surface area is 139 Å². The lowest BCUT2D eigenvalue weighted by atomic mass is 10.0. The third-order valence-corrected chi connectivity index (χ3v) is 3.62. The maximum atomic E-state index is 12.2. The molecular weight excluding hydrogens is 308 g/mol. The van der Waals surface area contributed by atoms with Crippen LogP contribution in [0.5, 0.6) is 5.75 Å². The van der Waals surface area contributed by atoms with Crippen LogP contribution in [0.1, 0.15) is 21.5 Å². The second-order valence-electron chi connectivity index (χ2n) is 5.26.